The molecule has 2 rings (SSSR count). The Kier molecular flexibility index (Phi) is 3.66. The Morgan fingerprint density at radius 1 is 1.24 bits per heavy atom. The van der Waals surface area contributed by atoms with Crippen molar-refractivity contribution < 1.29 is 9.59 Å². The highest BCUT2D eigenvalue weighted by Crippen LogP contribution is 2.47. The van der Waals surface area contributed by atoms with Crippen molar-refractivity contribution in [3.05, 3.63) is 0 Å². The van der Waals surface area contributed by atoms with E-state index in [4.69, 9.17) is 11.5 Å². The Morgan fingerprint density at radius 3 is 2.53 bits per heavy atom. The standard InChI is InChI=1S/C12H21N3O2/c13-9(16)2-1-5-15-12(17)10-7-3-4-8(6-7)11(10)14/h7-8,10-11H,1-6,14H2,(H2,13,16)(H,15,17). The van der Waals surface area contributed by atoms with Crippen LogP contribution in [-0.2, 0) is 9.59 Å². The molecular formula is C12H21N3O2. The van der Waals surface area contributed by atoms with Gasteiger partial charge in [0.15, 0.2) is 0 Å². The summed E-state index contributed by atoms with van der Waals surface area (Å²) in [5, 5.41) is 2.87. The summed E-state index contributed by atoms with van der Waals surface area (Å²) in [7, 11) is 0. The quantitative estimate of drug-likeness (QED) is 0.576. The Morgan fingerprint density at radius 2 is 1.94 bits per heavy atom. The maximum Gasteiger partial charge on any atom is 0.224 e. The van der Waals surface area contributed by atoms with Gasteiger partial charge in [-0.25, -0.2) is 0 Å². The number of rotatable bonds is 5. The number of hydrogen-bond donors (Lipinski definition) is 3. The molecule has 0 saturated heterocycles. The van der Waals surface area contributed by atoms with Crippen molar-refractivity contribution in [3.63, 3.8) is 0 Å². The lowest BCUT2D eigenvalue weighted by molar-refractivity contribution is -0.127. The maximum absolute atomic E-state index is 12.0. The zero-order valence-corrected chi connectivity index (χ0v) is 10.0. The predicted octanol–water partition coefficient (Wildman–Crippen LogP) is -0.258. The SMILES string of the molecule is NC(=O)CCCNC(=O)C1C2CCC(C2)C1N. The molecule has 2 amide bonds. The number of nitrogens with one attached hydrogen (secondary N) is 1. The fourth-order valence-corrected chi connectivity index (χ4v) is 3.32. The van der Waals surface area contributed by atoms with Crippen molar-refractivity contribution in [3.8, 4) is 0 Å². The molecule has 0 aromatic heterocycles. The summed E-state index contributed by atoms with van der Waals surface area (Å²) in [5.41, 5.74) is 11.1. The van der Waals surface area contributed by atoms with Gasteiger partial charge in [0.25, 0.3) is 0 Å². The maximum atomic E-state index is 12.0. The lowest BCUT2D eigenvalue weighted by atomic mass is 9.84. The van der Waals surface area contributed by atoms with Gasteiger partial charge in [-0.3, -0.25) is 9.59 Å². The third-order valence-corrected chi connectivity index (χ3v) is 4.18. The van der Waals surface area contributed by atoms with Gasteiger partial charge in [0, 0.05) is 19.0 Å². The van der Waals surface area contributed by atoms with Crippen LogP contribution in [0.15, 0.2) is 0 Å². The molecule has 96 valence electrons. The van der Waals surface area contributed by atoms with E-state index in [9.17, 15) is 9.59 Å². The van der Waals surface area contributed by atoms with Gasteiger partial charge >= 0.3 is 0 Å². The molecule has 0 aliphatic heterocycles. The lowest BCUT2D eigenvalue weighted by Gasteiger charge is -2.26. The summed E-state index contributed by atoms with van der Waals surface area (Å²) in [5.74, 6) is 0.750. The van der Waals surface area contributed by atoms with Crippen LogP contribution in [0.2, 0.25) is 0 Å². The van der Waals surface area contributed by atoms with Crippen LogP contribution in [0.1, 0.15) is 32.1 Å². The molecule has 5 heteroatoms. The van der Waals surface area contributed by atoms with E-state index < -0.39 is 0 Å². The minimum Gasteiger partial charge on any atom is -0.370 e. The molecule has 0 aromatic carbocycles. The molecule has 0 radical (unpaired) electrons. The van der Waals surface area contributed by atoms with Gasteiger partial charge in [-0.1, -0.05) is 0 Å². The van der Waals surface area contributed by atoms with Crippen LogP contribution in [0.4, 0.5) is 0 Å². The summed E-state index contributed by atoms with van der Waals surface area (Å²) >= 11 is 0. The van der Waals surface area contributed by atoms with Crippen molar-refractivity contribution in [1.29, 1.82) is 0 Å². The van der Waals surface area contributed by atoms with Gasteiger partial charge in [-0.05, 0) is 37.5 Å². The predicted molar refractivity (Wildman–Crippen MR) is 63.7 cm³/mol. The van der Waals surface area contributed by atoms with Crippen LogP contribution in [0.3, 0.4) is 0 Å². The van der Waals surface area contributed by atoms with Crippen molar-refractivity contribution in [2.75, 3.05) is 6.54 Å². The Bertz CT molecular complexity index is 317. The molecule has 5 nitrogen and oxygen atoms in total. The first-order valence-electron chi connectivity index (χ1n) is 6.41. The van der Waals surface area contributed by atoms with Gasteiger partial charge in [0.2, 0.25) is 11.8 Å². The number of carbonyl (C=O) groups excluding carboxylic acids is 2. The largest absolute Gasteiger partial charge is 0.370 e. The van der Waals surface area contributed by atoms with E-state index in [1.807, 2.05) is 0 Å². The number of nitrogens with two attached hydrogens (primary N) is 2. The molecule has 0 heterocycles. The minimum absolute atomic E-state index is 0.0117. The monoisotopic (exact) mass is 239 g/mol. The van der Waals surface area contributed by atoms with E-state index in [1.165, 1.54) is 6.42 Å². The zero-order chi connectivity index (χ0) is 12.4. The van der Waals surface area contributed by atoms with Gasteiger partial charge in [-0.2, -0.15) is 0 Å². The van der Waals surface area contributed by atoms with E-state index >= 15 is 0 Å². The molecule has 2 aliphatic carbocycles. The van der Waals surface area contributed by atoms with Crippen LogP contribution in [0, 0.1) is 17.8 Å². The summed E-state index contributed by atoms with van der Waals surface area (Å²) in [6.45, 7) is 0.516. The smallest absolute Gasteiger partial charge is 0.224 e. The highest BCUT2D eigenvalue weighted by molar-refractivity contribution is 5.80. The fourth-order valence-electron chi connectivity index (χ4n) is 3.32. The van der Waals surface area contributed by atoms with Crippen molar-refractivity contribution in [2.45, 2.75) is 38.1 Å². The van der Waals surface area contributed by atoms with Gasteiger partial charge in [0.05, 0.1) is 5.92 Å². The molecule has 5 N–H and O–H groups in total. The number of hydrogen-bond acceptors (Lipinski definition) is 3. The summed E-state index contributed by atoms with van der Waals surface area (Å²) in [6.07, 6.45) is 4.36. The first kappa shape index (κ1) is 12.4. The second-order valence-corrected chi connectivity index (χ2v) is 5.30. The van der Waals surface area contributed by atoms with Gasteiger partial charge < -0.3 is 16.8 Å². The van der Waals surface area contributed by atoms with Crippen molar-refractivity contribution in [2.24, 2.45) is 29.2 Å². The zero-order valence-electron chi connectivity index (χ0n) is 10.0. The second kappa shape index (κ2) is 5.04. The molecular weight excluding hydrogens is 218 g/mol. The highest BCUT2D eigenvalue weighted by atomic mass is 16.2. The Balaban J connectivity index is 1.75. The first-order chi connectivity index (χ1) is 8.09. The summed E-state index contributed by atoms with van der Waals surface area (Å²) < 4.78 is 0. The molecule has 4 unspecified atom stereocenters. The summed E-state index contributed by atoms with van der Waals surface area (Å²) in [4.78, 5) is 22.5. The molecule has 0 spiro atoms. The molecule has 2 aliphatic rings. The van der Waals surface area contributed by atoms with E-state index in [0.717, 1.165) is 12.8 Å². The van der Waals surface area contributed by atoms with Gasteiger partial charge in [-0.15, -0.1) is 0 Å². The fraction of sp³-hybridized carbons (Fsp3) is 0.833. The van der Waals surface area contributed by atoms with Crippen LogP contribution < -0.4 is 16.8 Å². The lowest BCUT2D eigenvalue weighted by Crippen LogP contribution is -2.45. The number of fused-ring (bicyclic) bond motifs is 2. The molecule has 0 aromatic rings. The van der Waals surface area contributed by atoms with Crippen molar-refractivity contribution in [1.82, 2.24) is 5.32 Å². The second-order valence-electron chi connectivity index (χ2n) is 5.30. The third-order valence-electron chi connectivity index (χ3n) is 4.18. The van der Waals surface area contributed by atoms with Crippen LogP contribution in [0.5, 0.6) is 0 Å². The number of carbonyl (C=O) groups is 2. The Labute approximate surface area is 101 Å². The molecule has 2 bridgehead atoms. The molecule has 4 atom stereocenters. The van der Waals surface area contributed by atoms with Crippen LogP contribution in [-0.4, -0.2) is 24.4 Å². The number of primary amides is 1. The van der Waals surface area contributed by atoms with Crippen LogP contribution in [0.25, 0.3) is 0 Å². The highest BCUT2D eigenvalue weighted by Gasteiger charge is 2.48. The average Bonchev–Trinajstić information content (AvgIpc) is 2.84. The Hall–Kier alpha value is -1.10. The topological polar surface area (TPSA) is 98.2 Å². The average molecular weight is 239 g/mol. The minimum atomic E-state index is -0.323. The van der Waals surface area contributed by atoms with Crippen molar-refractivity contribution >= 4 is 11.8 Å². The van der Waals surface area contributed by atoms with Gasteiger partial charge in [0.1, 0.15) is 0 Å². The third kappa shape index (κ3) is 2.60. The van der Waals surface area contributed by atoms with E-state index in [0.29, 0.717) is 31.2 Å². The van der Waals surface area contributed by atoms with Crippen LogP contribution >= 0.6 is 0 Å². The first-order valence-corrected chi connectivity index (χ1v) is 6.41. The van der Waals surface area contributed by atoms with E-state index in [1.54, 1.807) is 0 Å². The normalized spacial score (nSPS) is 34.9. The summed E-state index contributed by atoms with van der Waals surface area (Å²) in [6, 6.07) is 0.0323. The number of amides is 2. The molecule has 2 fully saturated rings. The molecule has 17 heavy (non-hydrogen) atoms. The molecule has 2 saturated carbocycles. The van der Waals surface area contributed by atoms with E-state index in [2.05, 4.69) is 5.32 Å². The van der Waals surface area contributed by atoms with E-state index in [-0.39, 0.29) is 23.8 Å².